The molecule has 0 bridgehead atoms. The average molecular weight is 1480 g/mol. The molecule has 30 heteroatoms. The van der Waals surface area contributed by atoms with Crippen LogP contribution >= 0.6 is 0 Å². The summed E-state index contributed by atoms with van der Waals surface area (Å²) >= 11 is 0. The van der Waals surface area contributed by atoms with Crippen LogP contribution in [-0.4, -0.2) is 230 Å². The Morgan fingerprint density at radius 2 is 1.32 bits per heavy atom. The minimum atomic E-state index is -1.11. The van der Waals surface area contributed by atoms with Gasteiger partial charge in [-0.3, -0.25) is 43.1 Å². The first-order valence-electron chi connectivity index (χ1n) is 36.8. The lowest BCUT2D eigenvalue weighted by Gasteiger charge is -2.41. The number of urea groups is 1. The third kappa shape index (κ3) is 30.1. The number of carbonyl (C=O) groups is 9. The number of ether oxygens (including phenoxy) is 7. The number of nitrogens with two attached hydrogens (primary N) is 1. The van der Waals surface area contributed by atoms with Gasteiger partial charge in [0.2, 0.25) is 41.4 Å². The van der Waals surface area contributed by atoms with Crippen LogP contribution < -0.4 is 37.6 Å². The van der Waals surface area contributed by atoms with Gasteiger partial charge in [0, 0.05) is 60.1 Å². The molecule has 3 aromatic rings. The maximum atomic E-state index is 14.8. The Bertz CT molecular complexity index is 3150. The number of hydrogen-bond acceptors (Lipinski definition) is 19. The van der Waals surface area contributed by atoms with Crippen molar-refractivity contribution in [2.45, 2.75) is 215 Å². The number of aliphatic hydroxyl groups excluding tert-OH is 1. The Balaban J connectivity index is 1.29. The average Bonchev–Trinajstić information content (AvgIpc) is 1.79. The fourth-order valence-corrected chi connectivity index (χ4v) is 12.6. The molecule has 590 valence electrons. The molecule has 0 spiro atoms. The van der Waals surface area contributed by atoms with Crippen LogP contribution in [0.5, 0.6) is 0 Å². The summed E-state index contributed by atoms with van der Waals surface area (Å²) in [5.41, 5.74) is 7.65. The summed E-state index contributed by atoms with van der Waals surface area (Å²) in [7, 11) is 6.09. The summed E-state index contributed by atoms with van der Waals surface area (Å²) in [6.45, 7) is 27.9. The molecule has 2 heterocycles. The predicted octanol–water partition coefficient (Wildman–Crippen LogP) is 5.89. The van der Waals surface area contributed by atoms with Gasteiger partial charge in [-0.2, -0.15) is 0 Å². The SMILES string of the molecule is CC[C@H](C)[C@@H]([C@@H](CC(=O)N1CCC[C@H]1[C@H](OC)[C@@H](C)C(=O)N[C@H](C)[C@@H](O)c1ccccc1)OC)N(C)C(=O)[C@@H](NC(=O)[C@H](C(C)C)N(C)C(=O)OCc1ccc(NC(=O)[C@H](CCCNC(N)=O)NC(=O)[C@@H](NC(=O)CCOCCOCCOCCOCc2cn(CC(C)(C)C)nn2)C(C)C)cc1)C(C)C. The molecule has 1 aromatic heterocycles. The number of nitrogens with one attached hydrogen (secondary N) is 6. The zero-order valence-electron chi connectivity index (χ0n) is 65.1. The fourth-order valence-electron chi connectivity index (χ4n) is 12.6. The molecule has 12 atom stereocenters. The number of carbonyl (C=O) groups excluding carboxylic acids is 9. The number of aliphatic hydroxyl groups is 1. The van der Waals surface area contributed by atoms with Crippen LogP contribution in [0.15, 0.2) is 60.8 Å². The number of likely N-dealkylation sites (tertiary alicyclic amines) is 1. The van der Waals surface area contributed by atoms with Crippen LogP contribution in [0.25, 0.3) is 0 Å². The third-order valence-electron chi connectivity index (χ3n) is 18.6. The first kappa shape index (κ1) is 89.5. The Morgan fingerprint density at radius 3 is 1.90 bits per heavy atom. The lowest BCUT2D eigenvalue weighted by atomic mass is 9.89. The highest BCUT2D eigenvalue weighted by atomic mass is 16.6. The molecule has 1 fully saturated rings. The number of amides is 10. The standard InChI is InChI=1S/C75H123N13O17/c1-18-50(8)65(59(99-16)42-61(90)88-34-23-27-58(88)67(100-17)51(9)68(92)78-52(10)66(91)54-24-20-19-21-25-54)85(14)72(96)63(48(4)5)82-71(95)64(49(6)7)86(15)74(98)105-44-53-28-30-55(31-29-53)79-69(93)57(26-22-33-77-73(76)97)80-70(94)62(47(2)3)81-60(89)32-35-101-36-37-102-38-39-103-40-41-104-45-56-43-87(84-83-56)46-75(11,12)13/h19-21,24-25,28-31,43,47-52,57-59,62-67,91H,18,22-23,26-27,32-42,44-46H2,1-17H3,(H,78,92)(H,79,93)(H,80,94)(H,81,89)(H,82,95)(H3,76,77,97)/t50-,51+,52+,57-,58-,59+,62-,63-,64-,65-,66+,67+/m0/s1. The van der Waals surface area contributed by atoms with Gasteiger partial charge in [-0.05, 0) is 85.0 Å². The van der Waals surface area contributed by atoms with E-state index in [1.165, 1.54) is 26.2 Å². The molecule has 0 unspecified atom stereocenters. The van der Waals surface area contributed by atoms with Crippen molar-refractivity contribution in [1.29, 1.82) is 0 Å². The van der Waals surface area contributed by atoms with E-state index in [0.717, 1.165) is 12.2 Å². The molecule has 4 rings (SSSR count). The largest absolute Gasteiger partial charge is 0.445 e. The molecule has 0 aliphatic carbocycles. The number of methoxy groups -OCH3 is 2. The maximum absolute atomic E-state index is 14.8. The van der Waals surface area contributed by atoms with Gasteiger partial charge < -0.3 is 85.7 Å². The van der Waals surface area contributed by atoms with Crippen LogP contribution in [0.1, 0.15) is 158 Å². The molecule has 1 aliphatic heterocycles. The van der Waals surface area contributed by atoms with Gasteiger partial charge in [0.15, 0.2) is 0 Å². The summed E-state index contributed by atoms with van der Waals surface area (Å²) < 4.78 is 42.0. The van der Waals surface area contributed by atoms with Gasteiger partial charge in [-0.15, -0.1) is 5.10 Å². The van der Waals surface area contributed by atoms with Crippen molar-refractivity contribution < 1.29 is 81.4 Å². The highest BCUT2D eigenvalue weighted by Gasteiger charge is 2.44. The van der Waals surface area contributed by atoms with E-state index >= 15 is 0 Å². The second-order valence-corrected chi connectivity index (χ2v) is 29.4. The van der Waals surface area contributed by atoms with Gasteiger partial charge in [0.1, 0.15) is 36.5 Å². The molecule has 2 aromatic carbocycles. The molecule has 9 N–H and O–H groups in total. The van der Waals surface area contributed by atoms with Crippen molar-refractivity contribution >= 4 is 59.2 Å². The van der Waals surface area contributed by atoms with Crippen LogP contribution in [0.3, 0.4) is 0 Å². The molecule has 1 saturated heterocycles. The highest BCUT2D eigenvalue weighted by molar-refractivity contribution is 5.98. The summed E-state index contributed by atoms with van der Waals surface area (Å²) in [5, 5.41) is 36.0. The zero-order chi connectivity index (χ0) is 78.1. The van der Waals surface area contributed by atoms with Crippen molar-refractivity contribution in [3.05, 3.63) is 77.6 Å². The second kappa shape index (κ2) is 45.6. The number of nitrogens with zero attached hydrogens (tertiary/aromatic N) is 6. The predicted molar refractivity (Wildman–Crippen MR) is 395 cm³/mol. The van der Waals surface area contributed by atoms with Crippen molar-refractivity contribution in [2.24, 2.45) is 40.7 Å². The number of likely N-dealkylation sites (N-methyl/N-ethyl adjacent to an activating group) is 2. The van der Waals surface area contributed by atoms with Gasteiger partial charge >= 0.3 is 12.1 Å². The van der Waals surface area contributed by atoms with E-state index in [4.69, 9.17) is 38.9 Å². The minimum Gasteiger partial charge on any atom is -0.445 e. The van der Waals surface area contributed by atoms with Crippen LogP contribution in [0.4, 0.5) is 15.3 Å². The maximum Gasteiger partial charge on any atom is 0.410 e. The third-order valence-corrected chi connectivity index (χ3v) is 18.6. The lowest BCUT2D eigenvalue weighted by Crippen LogP contribution is -2.60. The smallest absolute Gasteiger partial charge is 0.410 e. The first-order chi connectivity index (χ1) is 49.7. The molecule has 30 nitrogen and oxygen atoms in total. The number of rotatable bonds is 47. The van der Waals surface area contributed by atoms with E-state index in [1.807, 2.05) is 38.2 Å². The Labute approximate surface area is 621 Å². The number of primary amides is 1. The van der Waals surface area contributed by atoms with E-state index in [2.05, 4.69) is 63.0 Å². The topological polar surface area (TPSA) is 377 Å². The van der Waals surface area contributed by atoms with Crippen LogP contribution in [0.2, 0.25) is 0 Å². The lowest BCUT2D eigenvalue weighted by molar-refractivity contribution is -0.148. The van der Waals surface area contributed by atoms with Gasteiger partial charge in [0.25, 0.3) is 0 Å². The number of benzene rings is 2. The van der Waals surface area contributed by atoms with E-state index in [9.17, 15) is 48.3 Å². The molecular weight excluding hydrogens is 1350 g/mol. The molecule has 0 radical (unpaired) electrons. The Kier molecular flexibility index (Phi) is 38.9. The Hall–Kier alpha value is -7.87. The molecule has 105 heavy (non-hydrogen) atoms. The Morgan fingerprint density at radius 1 is 0.705 bits per heavy atom. The summed E-state index contributed by atoms with van der Waals surface area (Å²) in [5.74, 6) is -5.31. The summed E-state index contributed by atoms with van der Waals surface area (Å²) in [4.78, 5) is 128. The van der Waals surface area contributed by atoms with Crippen LogP contribution in [-0.2, 0) is 86.5 Å². The second-order valence-electron chi connectivity index (χ2n) is 29.4. The van der Waals surface area contributed by atoms with E-state index in [1.54, 1.807) is 113 Å². The van der Waals surface area contributed by atoms with Crippen LogP contribution in [0, 0.1) is 35.0 Å². The molecule has 10 amide bonds. The normalized spacial score (nSPS) is 16.4. The fraction of sp³-hybridized carbons (Fsp3) is 0.693. The van der Waals surface area contributed by atoms with Gasteiger partial charge in [-0.25, -0.2) is 9.59 Å². The van der Waals surface area contributed by atoms with E-state index in [-0.39, 0.29) is 87.7 Å². The zero-order valence-corrected chi connectivity index (χ0v) is 65.1. The molecule has 1 aliphatic rings. The first-order valence-corrected chi connectivity index (χ1v) is 36.8. The number of hydrogen-bond donors (Lipinski definition) is 8. The number of anilines is 1. The quantitative estimate of drug-likeness (QED) is 0.0306. The van der Waals surface area contributed by atoms with E-state index < -0.39 is 120 Å². The molecular formula is C75H123N13O17. The van der Waals surface area contributed by atoms with Crippen molar-refractivity contribution in [2.75, 3.05) is 93.0 Å². The van der Waals surface area contributed by atoms with Gasteiger partial charge in [-0.1, -0.05) is 137 Å². The monoisotopic (exact) mass is 1480 g/mol. The summed E-state index contributed by atoms with van der Waals surface area (Å²) in [6, 6.07) is 8.78. The highest BCUT2D eigenvalue weighted by Crippen LogP contribution is 2.31. The summed E-state index contributed by atoms with van der Waals surface area (Å²) in [6.07, 6.45) is 0.766. The number of aromatic nitrogens is 3. The van der Waals surface area contributed by atoms with Crippen molar-refractivity contribution in [3.63, 3.8) is 0 Å². The van der Waals surface area contributed by atoms with E-state index in [0.29, 0.717) is 75.7 Å². The van der Waals surface area contributed by atoms with Crippen molar-refractivity contribution in [1.82, 2.24) is 56.3 Å². The minimum absolute atomic E-state index is 0.0432. The molecule has 0 saturated carbocycles. The van der Waals surface area contributed by atoms with Gasteiger partial charge in [0.05, 0.1) is 108 Å². The van der Waals surface area contributed by atoms with Crippen molar-refractivity contribution in [3.8, 4) is 0 Å².